The smallest absolute Gasteiger partial charge is 0.216 e. The third kappa shape index (κ3) is 3.66. The standard InChI is InChI=1S/C10H16N4O.HI/c1-6-7(2)15-9(13-6)5-12-10(11)14-8-3-4-8;/h8H,3-5H2,1-2H3,(H3,11,12,14);1H. The number of nitrogens with zero attached hydrogens (tertiary/aromatic N) is 2. The van der Waals surface area contributed by atoms with Crippen LogP contribution in [0.3, 0.4) is 0 Å². The molecule has 1 aromatic rings. The number of oxazole rings is 1. The predicted octanol–water partition coefficient (Wildman–Crippen LogP) is 1.48. The number of guanidine groups is 1. The van der Waals surface area contributed by atoms with Gasteiger partial charge in [-0.1, -0.05) is 0 Å². The molecular weight excluding hydrogens is 319 g/mol. The molecule has 0 atom stereocenters. The van der Waals surface area contributed by atoms with Gasteiger partial charge in [-0.25, -0.2) is 9.98 Å². The van der Waals surface area contributed by atoms with Gasteiger partial charge in [0.05, 0.1) is 5.69 Å². The largest absolute Gasteiger partial charge is 0.444 e. The molecule has 0 spiro atoms. The number of hydrogen-bond donors (Lipinski definition) is 2. The van der Waals surface area contributed by atoms with Crippen LogP contribution in [0.15, 0.2) is 9.41 Å². The van der Waals surface area contributed by atoms with Gasteiger partial charge in [0.15, 0.2) is 5.96 Å². The van der Waals surface area contributed by atoms with Gasteiger partial charge in [0.1, 0.15) is 12.3 Å². The quantitative estimate of drug-likeness (QED) is 0.498. The first kappa shape index (κ1) is 13.3. The molecule has 1 aliphatic carbocycles. The zero-order valence-electron chi connectivity index (χ0n) is 9.49. The van der Waals surface area contributed by atoms with E-state index < -0.39 is 0 Å². The van der Waals surface area contributed by atoms with E-state index in [1.807, 2.05) is 13.8 Å². The van der Waals surface area contributed by atoms with Crippen LogP contribution in [0.2, 0.25) is 0 Å². The maximum Gasteiger partial charge on any atom is 0.216 e. The van der Waals surface area contributed by atoms with Crippen LogP contribution in [0.5, 0.6) is 0 Å². The fraction of sp³-hybridized carbons (Fsp3) is 0.600. The summed E-state index contributed by atoms with van der Waals surface area (Å²) in [6.45, 7) is 4.21. The molecule has 0 amide bonds. The van der Waals surface area contributed by atoms with Gasteiger partial charge in [0.2, 0.25) is 5.89 Å². The highest BCUT2D eigenvalue weighted by Gasteiger charge is 2.21. The number of nitrogens with two attached hydrogens (primary N) is 1. The van der Waals surface area contributed by atoms with Crippen molar-refractivity contribution in [2.75, 3.05) is 0 Å². The lowest BCUT2D eigenvalue weighted by atomic mass is 10.4. The molecule has 6 heteroatoms. The number of halogens is 1. The van der Waals surface area contributed by atoms with E-state index in [0.717, 1.165) is 11.5 Å². The van der Waals surface area contributed by atoms with Crippen molar-refractivity contribution in [2.24, 2.45) is 10.7 Å². The first-order valence-corrected chi connectivity index (χ1v) is 5.14. The monoisotopic (exact) mass is 336 g/mol. The van der Waals surface area contributed by atoms with E-state index in [1.54, 1.807) is 0 Å². The summed E-state index contributed by atoms with van der Waals surface area (Å²) in [5, 5.41) is 3.10. The number of aromatic nitrogens is 1. The molecule has 1 aliphatic rings. The van der Waals surface area contributed by atoms with E-state index in [2.05, 4.69) is 15.3 Å². The molecule has 1 heterocycles. The summed E-state index contributed by atoms with van der Waals surface area (Å²) < 4.78 is 5.38. The Balaban J connectivity index is 0.00000128. The average molecular weight is 336 g/mol. The van der Waals surface area contributed by atoms with Gasteiger partial charge in [-0.3, -0.25) is 0 Å². The van der Waals surface area contributed by atoms with E-state index >= 15 is 0 Å². The number of rotatable bonds is 3. The van der Waals surface area contributed by atoms with Crippen LogP contribution in [0, 0.1) is 13.8 Å². The molecule has 3 N–H and O–H groups in total. The predicted molar refractivity (Wildman–Crippen MR) is 72.9 cm³/mol. The first-order chi connectivity index (χ1) is 7.15. The highest BCUT2D eigenvalue weighted by molar-refractivity contribution is 14.0. The molecular formula is C10H17IN4O. The Labute approximate surface area is 112 Å². The minimum atomic E-state index is 0. The molecule has 2 rings (SSSR count). The van der Waals surface area contributed by atoms with Gasteiger partial charge in [-0.15, -0.1) is 24.0 Å². The number of nitrogens with one attached hydrogen (secondary N) is 1. The maximum atomic E-state index is 5.68. The summed E-state index contributed by atoms with van der Waals surface area (Å²) in [4.78, 5) is 8.38. The molecule has 0 aromatic carbocycles. The van der Waals surface area contributed by atoms with Gasteiger partial charge in [0.25, 0.3) is 0 Å². The lowest BCUT2D eigenvalue weighted by molar-refractivity contribution is 0.473. The summed E-state index contributed by atoms with van der Waals surface area (Å²) in [6, 6.07) is 0.529. The second-order valence-corrected chi connectivity index (χ2v) is 3.87. The summed E-state index contributed by atoms with van der Waals surface area (Å²) in [5.74, 6) is 1.94. The van der Waals surface area contributed by atoms with Crippen LogP contribution in [0.25, 0.3) is 0 Å². The second kappa shape index (κ2) is 5.51. The first-order valence-electron chi connectivity index (χ1n) is 5.14. The van der Waals surface area contributed by atoms with Crippen molar-refractivity contribution in [3.05, 3.63) is 17.3 Å². The minimum absolute atomic E-state index is 0. The molecule has 0 aliphatic heterocycles. The molecule has 0 radical (unpaired) electrons. The van der Waals surface area contributed by atoms with Crippen molar-refractivity contribution in [3.8, 4) is 0 Å². The Kier molecular flexibility index (Phi) is 4.57. The van der Waals surface area contributed by atoms with Crippen molar-refractivity contribution in [1.29, 1.82) is 0 Å². The molecule has 0 saturated heterocycles. The highest BCUT2D eigenvalue weighted by atomic mass is 127. The summed E-state index contributed by atoms with van der Waals surface area (Å²) in [7, 11) is 0. The average Bonchev–Trinajstić information content (AvgIpc) is 2.92. The minimum Gasteiger partial charge on any atom is -0.444 e. The van der Waals surface area contributed by atoms with Crippen molar-refractivity contribution >= 4 is 29.9 Å². The third-order valence-corrected chi connectivity index (χ3v) is 2.39. The molecule has 1 saturated carbocycles. The summed E-state index contributed by atoms with van der Waals surface area (Å²) >= 11 is 0. The van der Waals surface area contributed by atoms with Crippen LogP contribution in [0.1, 0.15) is 30.2 Å². The molecule has 5 nitrogen and oxygen atoms in total. The van der Waals surface area contributed by atoms with Crippen LogP contribution in [-0.4, -0.2) is 17.0 Å². The Morgan fingerprint density at radius 1 is 1.56 bits per heavy atom. The number of aliphatic imine (C=N–C) groups is 1. The van der Waals surface area contributed by atoms with Gasteiger partial charge in [0, 0.05) is 6.04 Å². The normalized spacial score (nSPS) is 15.8. The van der Waals surface area contributed by atoms with Gasteiger partial charge in [-0.05, 0) is 26.7 Å². The molecule has 16 heavy (non-hydrogen) atoms. The lowest BCUT2D eigenvalue weighted by Crippen LogP contribution is -2.33. The zero-order chi connectivity index (χ0) is 10.8. The van der Waals surface area contributed by atoms with Gasteiger partial charge >= 0.3 is 0 Å². The van der Waals surface area contributed by atoms with Crippen molar-refractivity contribution in [1.82, 2.24) is 10.3 Å². The topological polar surface area (TPSA) is 76.4 Å². The molecule has 0 bridgehead atoms. The van der Waals surface area contributed by atoms with Crippen molar-refractivity contribution in [3.63, 3.8) is 0 Å². The van der Waals surface area contributed by atoms with E-state index in [9.17, 15) is 0 Å². The second-order valence-electron chi connectivity index (χ2n) is 3.87. The van der Waals surface area contributed by atoms with Crippen molar-refractivity contribution < 1.29 is 4.42 Å². The van der Waals surface area contributed by atoms with Crippen LogP contribution >= 0.6 is 24.0 Å². The molecule has 0 unspecified atom stereocenters. The molecule has 1 aromatic heterocycles. The maximum absolute atomic E-state index is 5.68. The zero-order valence-corrected chi connectivity index (χ0v) is 11.8. The number of hydrogen-bond acceptors (Lipinski definition) is 3. The highest BCUT2D eigenvalue weighted by Crippen LogP contribution is 2.18. The van der Waals surface area contributed by atoms with E-state index in [4.69, 9.17) is 10.2 Å². The Bertz CT molecular complexity index is 365. The van der Waals surface area contributed by atoms with E-state index in [0.29, 0.717) is 24.4 Å². The summed E-state index contributed by atoms with van der Waals surface area (Å²) in [5.41, 5.74) is 6.59. The molecule has 90 valence electrons. The van der Waals surface area contributed by atoms with Crippen LogP contribution in [0.4, 0.5) is 0 Å². The van der Waals surface area contributed by atoms with E-state index in [-0.39, 0.29) is 24.0 Å². The third-order valence-electron chi connectivity index (χ3n) is 2.39. The van der Waals surface area contributed by atoms with Gasteiger partial charge in [-0.2, -0.15) is 0 Å². The van der Waals surface area contributed by atoms with Crippen LogP contribution in [-0.2, 0) is 6.54 Å². The SMILES string of the molecule is Cc1nc(CN=C(N)NC2CC2)oc1C.I. The van der Waals surface area contributed by atoms with E-state index in [1.165, 1.54) is 12.8 Å². The molecule has 1 fully saturated rings. The fourth-order valence-corrected chi connectivity index (χ4v) is 1.24. The number of aryl methyl sites for hydroxylation is 2. The van der Waals surface area contributed by atoms with Crippen LogP contribution < -0.4 is 11.1 Å². The Hall–Kier alpha value is -0.790. The van der Waals surface area contributed by atoms with Gasteiger partial charge < -0.3 is 15.5 Å². The Morgan fingerprint density at radius 3 is 2.75 bits per heavy atom. The van der Waals surface area contributed by atoms with Crippen molar-refractivity contribution in [2.45, 2.75) is 39.3 Å². The fourth-order valence-electron chi connectivity index (χ4n) is 1.24. The lowest BCUT2D eigenvalue weighted by Gasteiger charge is -2.00. The Morgan fingerprint density at radius 2 is 2.25 bits per heavy atom. The summed E-state index contributed by atoms with van der Waals surface area (Å²) in [6.07, 6.45) is 2.38.